The zero-order valence-corrected chi connectivity index (χ0v) is 11.4. The molecule has 1 saturated heterocycles. The zero-order valence-electron chi connectivity index (χ0n) is 10.6. The molecular formula is C12H20N2O3S. The van der Waals surface area contributed by atoms with Crippen LogP contribution in [0.15, 0.2) is 12.4 Å². The van der Waals surface area contributed by atoms with Crippen molar-refractivity contribution in [3.8, 4) is 0 Å². The number of sulfone groups is 1. The van der Waals surface area contributed by atoms with Gasteiger partial charge < -0.3 is 5.11 Å². The summed E-state index contributed by atoms with van der Waals surface area (Å²) in [5.74, 6) is 0.192. The van der Waals surface area contributed by atoms with E-state index in [9.17, 15) is 13.5 Å². The zero-order chi connectivity index (χ0) is 13.2. The number of nitrogens with zero attached hydrogens (tertiary/aromatic N) is 2. The normalized spacial score (nSPS) is 24.9. The van der Waals surface area contributed by atoms with Crippen LogP contribution in [0, 0.1) is 0 Å². The lowest BCUT2D eigenvalue weighted by atomic mass is 10.1. The fourth-order valence-electron chi connectivity index (χ4n) is 2.43. The Balaban J connectivity index is 2.16. The van der Waals surface area contributed by atoms with Gasteiger partial charge in [0.25, 0.3) is 0 Å². The van der Waals surface area contributed by atoms with Crippen molar-refractivity contribution in [2.45, 2.75) is 50.5 Å². The molecule has 0 bridgehead atoms. The van der Waals surface area contributed by atoms with E-state index in [1.807, 2.05) is 6.92 Å². The molecule has 1 fully saturated rings. The highest BCUT2D eigenvalue weighted by Crippen LogP contribution is 2.30. The number of aryl methyl sites for hydroxylation is 1. The molecule has 1 N–H and O–H groups in total. The average molecular weight is 272 g/mol. The predicted molar refractivity (Wildman–Crippen MR) is 68.9 cm³/mol. The molecule has 0 amide bonds. The molecule has 2 heterocycles. The fourth-order valence-corrected chi connectivity index (χ4v) is 4.42. The van der Waals surface area contributed by atoms with Crippen LogP contribution in [0.5, 0.6) is 0 Å². The lowest BCUT2D eigenvalue weighted by Crippen LogP contribution is -2.33. The smallest absolute Gasteiger partial charge is 0.156 e. The minimum Gasteiger partial charge on any atom is -0.387 e. The highest BCUT2D eigenvalue weighted by molar-refractivity contribution is 7.92. The Morgan fingerprint density at radius 2 is 2.33 bits per heavy atom. The monoisotopic (exact) mass is 272 g/mol. The van der Waals surface area contributed by atoms with Gasteiger partial charge in [0.1, 0.15) is 0 Å². The topological polar surface area (TPSA) is 72.2 Å². The minimum atomic E-state index is -3.16. The highest BCUT2D eigenvalue weighted by Gasteiger charge is 2.35. The lowest BCUT2D eigenvalue weighted by molar-refractivity contribution is 0.164. The van der Waals surface area contributed by atoms with Crippen molar-refractivity contribution in [1.82, 2.24) is 9.78 Å². The van der Waals surface area contributed by atoms with Crippen molar-refractivity contribution in [2.24, 2.45) is 0 Å². The minimum absolute atomic E-state index is 0.192. The summed E-state index contributed by atoms with van der Waals surface area (Å²) in [5.41, 5.74) is 0.610. The van der Waals surface area contributed by atoms with Gasteiger partial charge in [-0.25, -0.2) is 8.42 Å². The van der Waals surface area contributed by atoms with Crippen molar-refractivity contribution in [3.05, 3.63) is 18.0 Å². The first-order chi connectivity index (χ1) is 8.54. The van der Waals surface area contributed by atoms with Gasteiger partial charge in [-0.3, -0.25) is 4.68 Å². The molecule has 0 saturated carbocycles. The summed E-state index contributed by atoms with van der Waals surface area (Å²) in [4.78, 5) is 0. The second-order valence-electron chi connectivity index (χ2n) is 4.88. The third-order valence-corrected chi connectivity index (χ3v) is 5.70. The molecule has 2 atom stereocenters. The number of aliphatic hydroxyl groups is 1. The Hall–Kier alpha value is -0.880. The molecule has 0 radical (unpaired) electrons. The predicted octanol–water partition coefficient (Wildman–Crippen LogP) is 1.29. The SMILES string of the molecule is CCCn1cc(C(O)C2CCCCS2(=O)=O)cn1. The van der Waals surface area contributed by atoms with Crippen LogP contribution >= 0.6 is 0 Å². The summed E-state index contributed by atoms with van der Waals surface area (Å²) < 4.78 is 25.6. The first-order valence-electron chi connectivity index (χ1n) is 6.46. The Morgan fingerprint density at radius 3 is 3.00 bits per heavy atom. The van der Waals surface area contributed by atoms with Crippen molar-refractivity contribution < 1.29 is 13.5 Å². The molecule has 1 aromatic heterocycles. The van der Waals surface area contributed by atoms with Gasteiger partial charge >= 0.3 is 0 Å². The van der Waals surface area contributed by atoms with Gasteiger partial charge in [-0.05, 0) is 19.3 Å². The number of rotatable bonds is 4. The molecule has 0 spiro atoms. The number of hydrogen-bond acceptors (Lipinski definition) is 4. The quantitative estimate of drug-likeness (QED) is 0.896. The number of hydrogen-bond donors (Lipinski definition) is 1. The highest BCUT2D eigenvalue weighted by atomic mass is 32.2. The molecule has 2 rings (SSSR count). The van der Waals surface area contributed by atoms with E-state index >= 15 is 0 Å². The van der Waals surface area contributed by atoms with Gasteiger partial charge in [0.2, 0.25) is 0 Å². The molecule has 18 heavy (non-hydrogen) atoms. The lowest BCUT2D eigenvalue weighted by Gasteiger charge is -2.25. The van der Waals surface area contributed by atoms with E-state index in [1.54, 1.807) is 17.1 Å². The molecule has 1 aliphatic rings. The first-order valence-corrected chi connectivity index (χ1v) is 8.18. The van der Waals surface area contributed by atoms with E-state index in [-0.39, 0.29) is 5.75 Å². The third-order valence-electron chi connectivity index (χ3n) is 3.43. The van der Waals surface area contributed by atoms with Crippen LogP contribution in [0.4, 0.5) is 0 Å². The van der Waals surface area contributed by atoms with Crippen molar-refractivity contribution in [2.75, 3.05) is 5.75 Å². The molecule has 0 aromatic carbocycles. The van der Waals surface area contributed by atoms with Crippen LogP contribution in [0.3, 0.4) is 0 Å². The summed E-state index contributed by atoms with van der Waals surface area (Å²) in [5, 5.41) is 13.7. The maximum absolute atomic E-state index is 11.9. The maximum atomic E-state index is 11.9. The maximum Gasteiger partial charge on any atom is 0.156 e. The fraction of sp³-hybridized carbons (Fsp3) is 0.750. The molecule has 1 aromatic rings. The van der Waals surface area contributed by atoms with Crippen LogP contribution in [0.1, 0.15) is 44.3 Å². The van der Waals surface area contributed by atoms with E-state index in [0.29, 0.717) is 18.4 Å². The molecule has 0 aliphatic carbocycles. The Labute approximate surface area is 108 Å². The number of aliphatic hydroxyl groups excluding tert-OH is 1. The van der Waals surface area contributed by atoms with Gasteiger partial charge in [0.15, 0.2) is 9.84 Å². The van der Waals surface area contributed by atoms with Gasteiger partial charge in [0, 0.05) is 18.3 Å². The molecular weight excluding hydrogens is 252 g/mol. The van der Waals surface area contributed by atoms with Crippen molar-refractivity contribution >= 4 is 9.84 Å². The van der Waals surface area contributed by atoms with Gasteiger partial charge in [-0.1, -0.05) is 13.3 Å². The standard InChI is InChI=1S/C12H20N2O3S/c1-2-6-14-9-10(8-13-14)12(15)11-5-3-4-7-18(11,16)17/h8-9,11-12,15H,2-7H2,1H3. The summed E-state index contributed by atoms with van der Waals surface area (Å²) in [7, 11) is -3.16. The Morgan fingerprint density at radius 1 is 1.56 bits per heavy atom. The largest absolute Gasteiger partial charge is 0.387 e. The van der Waals surface area contributed by atoms with Crippen molar-refractivity contribution in [1.29, 1.82) is 0 Å². The molecule has 2 unspecified atom stereocenters. The van der Waals surface area contributed by atoms with Crippen LogP contribution in [-0.4, -0.2) is 34.3 Å². The van der Waals surface area contributed by atoms with Crippen LogP contribution in [-0.2, 0) is 16.4 Å². The third kappa shape index (κ3) is 2.75. The second-order valence-corrected chi connectivity index (χ2v) is 7.22. The average Bonchev–Trinajstić information content (AvgIpc) is 2.77. The van der Waals surface area contributed by atoms with Gasteiger partial charge in [0.05, 0.1) is 23.3 Å². The van der Waals surface area contributed by atoms with E-state index in [2.05, 4.69) is 5.10 Å². The van der Waals surface area contributed by atoms with E-state index < -0.39 is 21.2 Å². The molecule has 5 nitrogen and oxygen atoms in total. The van der Waals surface area contributed by atoms with E-state index in [4.69, 9.17) is 0 Å². The second kappa shape index (κ2) is 5.40. The molecule has 6 heteroatoms. The number of aromatic nitrogens is 2. The van der Waals surface area contributed by atoms with Crippen LogP contribution in [0.25, 0.3) is 0 Å². The van der Waals surface area contributed by atoms with E-state index in [0.717, 1.165) is 19.4 Å². The van der Waals surface area contributed by atoms with Crippen LogP contribution < -0.4 is 0 Å². The summed E-state index contributed by atoms with van der Waals surface area (Å²) >= 11 is 0. The Kier molecular flexibility index (Phi) is 4.07. The van der Waals surface area contributed by atoms with Crippen molar-refractivity contribution in [3.63, 3.8) is 0 Å². The Bertz CT molecular complexity index is 495. The van der Waals surface area contributed by atoms with Gasteiger partial charge in [-0.2, -0.15) is 5.10 Å². The van der Waals surface area contributed by atoms with E-state index in [1.165, 1.54) is 0 Å². The summed E-state index contributed by atoms with van der Waals surface area (Å²) in [6.07, 6.45) is 5.45. The molecule has 1 aliphatic heterocycles. The molecule has 102 valence electrons. The van der Waals surface area contributed by atoms with Gasteiger partial charge in [-0.15, -0.1) is 0 Å². The van der Waals surface area contributed by atoms with Crippen LogP contribution in [0.2, 0.25) is 0 Å². The summed E-state index contributed by atoms with van der Waals surface area (Å²) in [6.45, 7) is 2.83. The summed E-state index contributed by atoms with van der Waals surface area (Å²) in [6, 6.07) is 0. The first kappa shape index (κ1) is 13.5.